The molecule has 0 atom stereocenters. The molecule has 21 heavy (non-hydrogen) atoms. The standard InChI is InChI=1S/C17H19NO3/c1-2-3-11-18(14-7-5-4-6-8-14)17(21)13-9-10-15(19)16(20)12-13/h4-10,12,19-20H,2-3,11H2,1H3. The Morgan fingerprint density at radius 2 is 1.76 bits per heavy atom. The van der Waals surface area contributed by atoms with E-state index >= 15 is 0 Å². The molecule has 0 aliphatic rings. The molecule has 0 spiro atoms. The fourth-order valence-corrected chi connectivity index (χ4v) is 2.08. The van der Waals surface area contributed by atoms with Crippen LogP contribution in [0.4, 0.5) is 5.69 Å². The van der Waals surface area contributed by atoms with Crippen LogP contribution in [-0.4, -0.2) is 22.7 Å². The van der Waals surface area contributed by atoms with Crippen molar-refractivity contribution in [3.63, 3.8) is 0 Å². The monoisotopic (exact) mass is 285 g/mol. The van der Waals surface area contributed by atoms with Crippen molar-refractivity contribution in [1.29, 1.82) is 0 Å². The van der Waals surface area contributed by atoms with Crippen molar-refractivity contribution in [3.8, 4) is 11.5 Å². The molecule has 4 heteroatoms. The molecule has 2 rings (SSSR count). The summed E-state index contributed by atoms with van der Waals surface area (Å²) >= 11 is 0. The minimum Gasteiger partial charge on any atom is -0.504 e. The molecular weight excluding hydrogens is 266 g/mol. The highest BCUT2D eigenvalue weighted by Gasteiger charge is 2.18. The summed E-state index contributed by atoms with van der Waals surface area (Å²) in [7, 11) is 0. The van der Waals surface area contributed by atoms with Gasteiger partial charge in [-0.2, -0.15) is 0 Å². The van der Waals surface area contributed by atoms with Crippen LogP contribution in [0.15, 0.2) is 48.5 Å². The van der Waals surface area contributed by atoms with Gasteiger partial charge in [0.1, 0.15) is 0 Å². The number of phenolic OH excluding ortho intramolecular Hbond substituents is 2. The quantitative estimate of drug-likeness (QED) is 0.826. The van der Waals surface area contributed by atoms with Gasteiger partial charge in [0.15, 0.2) is 11.5 Å². The average Bonchev–Trinajstić information content (AvgIpc) is 2.51. The molecule has 0 unspecified atom stereocenters. The summed E-state index contributed by atoms with van der Waals surface area (Å²) in [5, 5.41) is 18.9. The van der Waals surface area contributed by atoms with Crippen LogP contribution in [0, 0.1) is 0 Å². The fraction of sp³-hybridized carbons (Fsp3) is 0.235. The van der Waals surface area contributed by atoms with E-state index in [1.165, 1.54) is 18.2 Å². The number of rotatable bonds is 5. The minimum absolute atomic E-state index is 0.190. The zero-order valence-corrected chi connectivity index (χ0v) is 12.0. The van der Waals surface area contributed by atoms with E-state index in [-0.39, 0.29) is 17.4 Å². The van der Waals surface area contributed by atoms with Crippen LogP contribution < -0.4 is 4.90 Å². The highest BCUT2D eigenvalue weighted by molar-refractivity contribution is 6.06. The Morgan fingerprint density at radius 1 is 1.05 bits per heavy atom. The summed E-state index contributed by atoms with van der Waals surface area (Å²) in [5.41, 5.74) is 1.17. The molecule has 0 aliphatic heterocycles. The van der Waals surface area contributed by atoms with E-state index in [1.54, 1.807) is 4.90 Å². The molecule has 1 amide bonds. The molecule has 2 aromatic rings. The molecule has 0 bridgehead atoms. The predicted octanol–water partition coefficient (Wildman–Crippen LogP) is 3.54. The maximum Gasteiger partial charge on any atom is 0.258 e. The molecule has 4 nitrogen and oxygen atoms in total. The first-order valence-electron chi connectivity index (χ1n) is 7.02. The molecule has 0 radical (unpaired) electrons. The van der Waals surface area contributed by atoms with Gasteiger partial charge in [0.05, 0.1) is 0 Å². The van der Waals surface area contributed by atoms with Crippen molar-refractivity contribution in [2.75, 3.05) is 11.4 Å². The van der Waals surface area contributed by atoms with Crippen LogP contribution in [0.3, 0.4) is 0 Å². The second kappa shape index (κ2) is 6.79. The van der Waals surface area contributed by atoms with Gasteiger partial charge in [0, 0.05) is 17.8 Å². The predicted molar refractivity (Wildman–Crippen MR) is 82.8 cm³/mol. The second-order valence-electron chi connectivity index (χ2n) is 4.85. The highest BCUT2D eigenvalue weighted by Crippen LogP contribution is 2.26. The number of nitrogens with zero attached hydrogens (tertiary/aromatic N) is 1. The van der Waals surface area contributed by atoms with E-state index in [0.29, 0.717) is 12.1 Å². The number of aromatic hydroxyl groups is 2. The van der Waals surface area contributed by atoms with Gasteiger partial charge in [-0.25, -0.2) is 0 Å². The Labute approximate surface area is 124 Å². The first kappa shape index (κ1) is 14.9. The third kappa shape index (κ3) is 3.54. The normalized spacial score (nSPS) is 10.3. The number of phenols is 2. The van der Waals surface area contributed by atoms with Crippen LogP contribution in [-0.2, 0) is 0 Å². The van der Waals surface area contributed by atoms with Crippen molar-refractivity contribution >= 4 is 11.6 Å². The van der Waals surface area contributed by atoms with Crippen molar-refractivity contribution in [2.45, 2.75) is 19.8 Å². The number of benzene rings is 2. The van der Waals surface area contributed by atoms with Gasteiger partial charge in [-0.05, 0) is 36.8 Å². The van der Waals surface area contributed by atoms with E-state index in [0.717, 1.165) is 18.5 Å². The van der Waals surface area contributed by atoms with Crippen molar-refractivity contribution in [2.24, 2.45) is 0 Å². The second-order valence-corrected chi connectivity index (χ2v) is 4.85. The summed E-state index contributed by atoms with van der Waals surface area (Å²) in [6, 6.07) is 13.6. The lowest BCUT2D eigenvalue weighted by Gasteiger charge is -2.23. The molecule has 2 aromatic carbocycles. The Morgan fingerprint density at radius 3 is 2.38 bits per heavy atom. The number of hydrogen-bond acceptors (Lipinski definition) is 3. The molecule has 0 aromatic heterocycles. The molecule has 0 saturated heterocycles. The van der Waals surface area contributed by atoms with Crippen LogP contribution in [0.1, 0.15) is 30.1 Å². The van der Waals surface area contributed by atoms with E-state index in [2.05, 4.69) is 6.92 Å². The summed E-state index contributed by atoms with van der Waals surface area (Å²) in [4.78, 5) is 14.3. The number of carbonyl (C=O) groups excluding carboxylic acids is 1. The van der Waals surface area contributed by atoms with Crippen LogP contribution in [0.2, 0.25) is 0 Å². The first-order chi connectivity index (χ1) is 10.1. The number of para-hydroxylation sites is 1. The smallest absolute Gasteiger partial charge is 0.258 e. The molecule has 2 N–H and O–H groups in total. The zero-order valence-electron chi connectivity index (χ0n) is 12.0. The maximum absolute atomic E-state index is 12.6. The third-order valence-corrected chi connectivity index (χ3v) is 3.27. The van der Waals surface area contributed by atoms with Gasteiger partial charge in [0.25, 0.3) is 5.91 Å². The first-order valence-corrected chi connectivity index (χ1v) is 7.02. The lowest BCUT2D eigenvalue weighted by Crippen LogP contribution is -2.31. The van der Waals surface area contributed by atoms with Gasteiger partial charge in [-0.1, -0.05) is 31.5 Å². The fourth-order valence-electron chi connectivity index (χ4n) is 2.08. The Hall–Kier alpha value is -2.49. The van der Waals surface area contributed by atoms with Crippen molar-refractivity contribution in [3.05, 3.63) is 54.1 Å². The average molecular weight is 285 g/mol. The SMILES string of the molecule is CCCCN(C(=O)c1ccc(O)c(O)c1)c1ccccc1. The van der Waals surface area contributed by atoms with Crippen LogP contribution in [0.5, 0.6) is 11.5 Å². The molecular formula is C17H19NO3. The molecule has 0 heterocycles. The van der Waals surface area contributed by atoms with Crippen molar-refractivity contribution in [1.82, 2.24) is 0 Å². The Balaban J connectivity index is 2.31. The summed E-state index contributed by atoms with van der Waals surface area (Å²) < 4.78 is 0. The number of unbranched alkanes of at least 4 members (excludes halogenated alkanes) is 1. The Kier molecular flexibility index (Phi) is 4.82. The van der Waals surface area contributed by atoms with E-state index < -0.39 is 0 Å². The Bertz CT molecular complexity index is 611. The maximum atomic E-state index is 12.6. The number of carbonyl (C=O) groups is 1. The zero-order chi connectivity index (χ0) is 15.2. The van der Waals surface area contributed by atoms with E-state index in [4.69, 9.17) is 0 Å². The van der Waals surface area contributed by atoms with Crippen LogP contribution in [0.25, 0.3) is 0 Å². The number of anilines is 1. The summed E-state index contributed by atoms with van der Waals surface area (Å²) in [6.07, 6.45) is 1.88. The minimum atomic E-state index is -0.288. The summed E-state index contributed by atoms with van der Waals surface area (Å²) in [5.74, 6) is -0.708. The van der Waals surface area contributed by atoms with Crippen LogP contribution >= 0.6 is 0 Å². The largest absolute Gasteiger partial charge is 0.504 e. The van der Waals surface area contributed by atoms with Crippen molar-refractivity contribution < 1.29 is 15.0 Å². The highest BCUT2D eigenvalue weighted by atomic mass is 16.3. The number of hydrogen-bond donors (Lipinski definition) is 2. The molecule has 0 saturated carbocycles. The van der Waals surface area contributed by atoms with Gasteiger partial charge < -0.3 is 15.1 Å². The molecule has 0 fully saturated rings. The van der Waals surface area contributed by atoms with Gasteiger partial charge in [-0.3, -0.25) is 4.79 Å². The molecule has 110 valence electrons. The topological polar surface area (TPSA) is 60.8 Å². The lowest BCUT2D eigenvalue weighted by atomic mass is 10.1. The van der Waals surface area contributed by atoms with E-state index in [1.807, 2.05) is 30.3 Å². The number of amides is 1. The van der Waals surface area contributed by atoms with Gasteiger partial charge in [-0.15, -0.1) is 0 Å². The van der Waals surface area contributed by atoms with Gasteiger partial charge >= 0.3 is 0 Å². The summed E-state index contributed by atoms with van der Waals surface area (Å²) in [6.45, 7) is 2.68. The lowest BCUT2D eigenvalue weighted by molar-refractivity contribution is 0.0986. The molecule has 0 aliphatic carbocycles. The third-order valence-electron chi connectivity index (χ3n) is 3.27. The van der Waals surface area contributed by atoms with E-state index in [9.17, 15) is 15.0 Å². The van der Waals surface area contributed by atoms with Gasteiger partial charge in [0.2, 0.25) is 0 Å².